The lowest BCUT2D eigenvalue weighted by Gasteiger charge is -2.14. The summed E-state index contributed by atoms with van der Waals surface area (Å²) in [7, 11) is 0. The van der Waals surface area contributed by atoms with Gasteiger partial charge in [-0.1, -0.05) is 12.1 Å². The van der Waals surface area contributed by atoms with Gasteiger partial charge < -0.3 is 10.1 Å². The van der Waals surface area contributed by atoms with Crippen LogP contribution in [0.25, 0.3) is 10.9 Å². The Kier molecular flexibility index (Phi) is 3.67. The fourth-order valence-corrected chi connectivity index (χ4v) is 2.35. The second-order valence-corrected chi connectivity index (χ2v) is 4.93. The molecule has 0 radical (unpaired) electrons. The summed E-state index contributed by atoms with van der Waals surface area (Å²) < 4.78 is 44.0. The largest absolute Gasteiger partial charge is 0.451 e. The molecule has 2 aromatic rings. The van der Waals surface area contributed by atoms with Crippen molar-refractivity contribution in [2.45, 2.75) is 25.1 Å². The molecule has 7 heteroatoms. The van der Waals surface area contributed by atoms with Gasteiger partial charge in [0.05, 0.1) is 11.6 Å². The van der Waals surface area contributed by atoms with Gasteiger partial charge in [0.15, 0.2) is 0 Å². The maximum absolute atomic E-state index is 12.9. The van der Waals surface area contributed by atoms with E-state index in [2.05, 4.69) is 15.3 Å². The highest BCUT2D eigenvalue weighted by atomic mass is 19.4. The SMILES string of the molecule is FC(F)(F)c1nc(NCC2CCCO2)c2ccccc2n1. The summed E-state index contributed by atoms with van der Waals surface area (Å²) in [5, 5.41) is 3.54. The fourth-order valence-electron chi connectivity index (χ4n) is 2.35. The monoisotopic (exact) mass is 297 g/mol. The molecule has 1 N–H and O–H groups in total. The number of halogens is 3. The molecule has 1 fully saturated rings. The number of anilines is 1. The van der Waals surface area contributed by atoms with E-state index < -0.39 is 12.0 Å². The van der Waals surface area contributed by atoms with E-state index in [1.165, 1.54) is 0 Å². The average molecular weight is 297 g/mol. The van der Waals surface area contributed by atoms with Gasteiger partial charge in [-0.05, 0) is 25.0 Å². The van der Waals surface area contributed by atoms with E-state index >= 15 is 0 Å². The number of hydrogen-bond acceptors (Lipinski definition) is 4. The summed E-state index contributed by atoms with van der Waals surface area (Å²) in [5.74, 6) is -0.931. The Morgan fingerprint density at radius 2 is 2.05 bits per heavy atom. The lowest BCUT2D eigenvalue weighted by molar-refractivity contribution is -0.144. The Morgan fingerprint density at radius 3 is 2.76 bits per heavy atom. The topological polar surface area (TPSA) is 47.0 Å². The van der Waals surface area contributed by atoms with Gasteiger partial charge in [0.2, 0.25) is 5.82 Å². The molecular weight excluding hydrogens is 283 g/mol. The van der Waals surface area contributed by atoms with Crippen molar-refractivity contribution in [3.05, 3.63) is 30.1 Å². The van der Waals surface area contributed by atoms with Crippen molar-refractivity contribution in [1.29, 1.82) is 0 Å². The molecule has 0 saturated carbocycles. The van der Waals surface area contributed by atoms with E-state index in [0.29, 0.717) is 18.5 Å². The van der Waals surface area contributed by atoms with Crippen LogP contribution in [0, 0.1) is 0 Å². The lowest BCUT2D eigenvalue weighted by atomic mass is 10.2. The van der Waals surface area contributed by atoms with E-state index in [9.17, 15) is 13.2 Å². The molecule has 0 aliphatic carbocycles. The molecule has 1 saturated heterocycles. The van der Waals surface area contributed by atoms with Gasteiger partial charge in [0.1, 0.15) is 5.82 Å². The maximum Gasteiger partial charge on any atom is 0.451 e. The van der Waals surface area contributed by atoms with Crippen LogP contribution in [0.15, 0.2) is 24.3 Å². The zero-order valence-electron chi connectivity index (χ0n) is 11.2. The molecule has 1 atom stereocenters. The normalized spacial score (nSPS) is 19.1. The first kappa shape index (κ1) is 14.1. The third kappa shape index (κ3) is 3.07. The first-order valence-corrected chi connectivity index (χ1v) is 6.73. The molecule has 112 valence electrons. The second-order valence-electron chi connectivity index (χ2n) is 4.93. The van der Waals surface area contributed by atoms with Gasteiger partial charge in [-0.25, -0.2) is 9.97 Å². The van der Waals surface area contributed by atoms with Gasteiger partial charge in [-0.3, -0.25) is 0 Å². The van der Waals surface area contributed by atoms with Gasteiger partial charge >= 0.3 is 6.18 Å². The molecule has 4 nitrogen and oxygen atoms in total. The molecule has 1 aliphatic heterocycles. The molecule has 2 heterocycles. The van der Waals surface area contributed by atoms with Gasteiger partial charge in [-0.2, -0.15) is 13.2 Å². The van der Waals surface area contributed by atoms with Crippen molar-refractivity contribution in [1.82, 2.24) is 9.97 Å². The molecule has 1 aliphatic rings. The summed E-state index contributed by atoms with van der Waals surface area (Å²) in [6.07, 6.45) is -2.66. The number of fused-ring (bicyclic) bond motifs is 1. The number of hydrogen-bond donors (Lipinski definition) is 1. The third-order valence-electron chi connectivity index (χ3n) is 3.38. The van der Waals surface area contributed by atoms with Crippen LogP contribution in [-0.4, -0.2) is 29.2 Å². The first-order chi connectivity index (χ1) is 10.0. The van der Waals surface area contributed by atoms with Crippen molar-refractivity contribution >= 4 is 16.7 Å². The number of alkyl halides is 3. The molecule has 0 spiro atoms. The first-order valence-electron chi connectivity index (χ1n) is 6.73. The zero-order chi connectivity index (χ0) is 14.9. The smallest absolute Gasteiger partial charge is 0.376 e. The summed E-state index contributed by atoms with van der Waals surface area (Å²) in [5.41, 5.74) is 0.273. The van der Waals surface area contributed by atoms with Crippen molar-refractivity contribution in [3.63, 3.8) is 0 Å². The molecule has 3 rings (SSSR count). The van der Waals surface area contributed by atoms with Crippen LogP contribution in [0.5, 0.6) is 0 Å². The minimum absolute atomic E-state index is 0.0214. The Labute approximate surface area is 119 Å². The van der Waals surface area contributed by atoms with E-state index in [-0.39, 0.29) is 17.4 Å². The Balaban J connectivity index is 1.94. The third-order valence-corrected chi connectivity index (χ3v) is 3.38. The molecule has 0 amide bonds. The van der Waals surface area contributed by atoms with Crippen LogP contribution < -0.4 is 5.32 Å². The molecule has 1 aromatic carbocycles. The fraction of sp³-hybridized carbons (Fsp3) is 0.429. The van der Waals surface area contributed by atoms with Crippen molar-refractivity contribution in [2.24, 2.45) is 0 Å². The summed E-state index contributed by atoms with van der Waals surface area (Å²) in [4.78, 5) is 7.21. The van der Waals surface area contributed by atoms with Gasteiger partial charge in [0, 0.05) is 18.5 Å². The summed E-state index contributed by atoms with van der Waals surface area (Å²) in [6, 6.07) is 6.65. The second kappa shape index (κ2) is 5.48. The predicted octanol–water partition coefficient (Wildman–Crippen LogP) is 3.24. The molecular formula is C14H14F3N3O. The van der Waals surface area contributed by atoms with Crippen LogP contribution in [0.1, 0.15) is 18.7 Å². The van der Waals surface area contributed by atoms with E-state index in [1.54, 1.807) is 24.3 Å². The minimum atomic E-state index is -4.57. The number of nitrogens with zero attached hydrogens (tertiary/aromatic N) is 2. The Morgan fingerprint density at radius 1 is 1.24 bits per heavy atom. The number of rotatable bonds is 3. The van der Waals surface area contributed by atoms with Crippen molar-refractivity contribution in [3.8, 4) is 0 Å². The molecule has 1 unspecified atom stereocenters. The Hall–Kier alpha value is -1.89. The number of aromatic nitrogens is 2. The summed E-state index contributed by atoms with van der Waals surface area (Å²) >= 11 is 0. The predicted molar refractivity (Wildman–Crippen MR) is 72.0 cm³/mol. The lowest BCUT2D eigenvalue weighted by Crippen LogP contribution is -2.20. The van der Waals surface area contributed by atoms with E-state index in [4.69, 9.17) is 4.74 Å². The van der Waals surface area contributed by atoms with Crippen LogP contribution in [0.3, 0.4) is 0 Å². The van der Waals surface area contributed by atoms with Gasteiger partial charge in [-0.15, -0.1) is 0 Å². The Bertz CT molecular complexity index is 639. The quantitative estimate of drug-likeness (QED) is 0.945. The van der Waals surface area contributed by atoms with Gasteiger partial charge in [0.25, 0.3) is 0 Å². The van der Waals surface area contributed by atoms with Crippen LogP contribution in [0.2, 0.25) is 0 Å². The standard InChI is InChI=1S/C14H14F3N3O/c15-14(16,17)13-19-11-6-2-1-5-10(11)12(20-13)18-8-9-4-3-7-21-9/h1-2,5-6,9H,3-4,7-8H2,(H,18,19,20). The van der Waals surface area contributed by atoms with Crippen LogP contribution in [-0.2, 0) is 10.9 Å². The molecule has 0 bridgehead atoms. The van der Waals surface area contributed by atoms with Crippen LogP contribution >= 0.6 is 0 Å². The number of ether oxygens (including phenoxy) is 1. The van der Waals surface area contributed by atoms with E-state index in [1.807, 2.05) is 0 Å². The number of nitrogens with one attached hydrogen (secondary N) is 1. The summed E-state index contributed by atoms with van der Waals surface area (Å²) in [6.45, 7) is 1.14. The highest BCUT2D eigenvalue weighted by molar-refractivity contribution is 5.89. The van der Waals surface area contributed by atoms with Crippen molar-refractivity contribution < 1.29 is 17.9 Å². The number of para-hydroxylation sites is 1. The van der Waals surface area contributed by atoms with Crippen molar-refractivity contribution in [2.75, 3.05) is 18.5 Å². The minimum Gasteiger partial charge on any atom is -0.376 e. The average Bonchev–Trinajstić information content (AvgIpc) is 2.96. The highest BCUT2D eigenvalue weighted by Gasteiger charge is 2.35. The molecule has 1 aromatic heterocycles. The maximum atomic E-state index is 12.9. The van der Waals surface area contributed by atoms with E-state index in [0.717, 1.165) is 12.8 Å². The highest BCUT2D eigenvalue weighted by Crippen LogP contribution is 2.30. The van der Waals surface area contributed by atoms with Crippen LogP contribution in [0.4, 0.5) is 19.0 Å². The zero-order valence-corrected chi connectivity index (χ0v) is 11.2. The number of benzene rings is 1. The molecule has 21 heavy (non-hydrogen) atoms.